The fourth-order valence-corrected chi connectivity index (χ4v) is 1.23. The van der Waals surface area contributed by atoms with E-state index in [2.05, 4.69) is 4.74 Å². The molecule has 2 nitrogen and oxygen atoms in total. The Kier molecular flexibility index (Phi) is 4.32. The molecule has 0 aliphatic carbocycles. The van der Waals surface area contributed by atoms with Gasteiger partial charge in [0, 0.05) is 0 Å². The molecule has 88 valence electrons. The van der Waals surface area contributed by atoms with E-state index in [1.807, 2.05) is 0 Å². The number of carbonyl (C=O) groups is 1. The predicted octanol–water partition coefficient (Wildman–Crippen LogP) is 2.90. The van der Waals surface area contributed by atoms with Crippen LogP contribution in [0.3, 0.4) is 0 Å². The predicted molar refractivity (Wildman–Crippen MR) is 51.9 cm³/mol. The summed E-state index contributed by atoms with van der Waals surface area (Å²) in [6.45, 7) is -0.316. The zero-order chi connectivity index (χ0) is 12.2. The van der Waals surface area contributed by atoms with Crippen LogP contribution < -0.4 is 0 Å². The Morgan fingerprint density at radius 1 is 1.31 bits per heavy atom. The summed E-state index contributed by atoms with van der Waals surface area (Å²) in [7, 11) is 0. The molecule has 0 saturated carbocycles. The lowest BCUT2D eigenvalue weighted by molar-refractivity contribution is -0.216. The number of halogens is 4. The lowest BCUT2D eigenvalue weighted by atomic mass is 10.2. The Morgan fingerprint density at radius 3 is 2.31 bits per heavy atom. The van der Waals surface area contributed by atoms with E-state index in [1.165, 1.54) is 0 Å². The Labute approximate surface area is 95.0 Å². The molecule has 0 bridgehead atoms. The Balaban J connectivity index is 2.62. The molecule has 6 heteroatoms. The van der Waals surface area contributed by atoms with E-state index in [9.17, 15) is 18.0 Å². The first-order valence-electron chi connectivity index (χ1n) is 4.33. The van der Waals surface area contributed by atoms with Crippen LogP contribution in [0.4, 0.5) is 13.2 Å². The van der Waals surface area contributed by atoms with Crippen LogP contribution in [0.25, 0.3) is 0 Å². The molecule has 1 aromatic carbocycles. The molecule has 1 aromatic rings. The highest BCUT2D eigenvalue weighted by Crippen LogP contribution is 2.25. The second kappa shape index (κ2) is 5.32. The van der Waals surface area contributed by atoms with Gasteiger partial charge in [0.1, 0.15) is 0 Å². The molecule has 0 fully saturated rings. The second-order valence-electron chi connectivity index (χ2n) is 3.02. The molecule has 0 aliphatic heterocycles. The van der Waals surface area contributed by atoms with E-state index >= 15 is 0 Å². The van der Waals surface area contributed by atoms with Crippen molar-refractivity contribution < 1.29 is 22.7 Å². The van der Waals surface area contributed by atoms with Crippen LogP contribution >= 0.6 is 11.6 Å². The van der Waals surface area contributed by atoms with Gasteiger partial charge in [0.15, 0.2) is 0 Å². The maximum atomic E-state index is 12.2. The average Bonchev–Trinajstić information content (AvgIpc) is 2.17. The van der Waals surface area contributed by atoms with Gasteiger partial charge in [-0.2, -0.15) is 13.2 Å². The van der Waals surface area contributed by atoms with Crippen LogP contribution in [0.2, 0.25) is 0 Å². The van der Waals surface area contributed by atoms with Gasteiger partial charge in [0.2, 0.25) is 6.10 Å². The molecule has 16 heavy (non-hydrogen) atoms. The van der Waals surface area contributed by atoms with Crippen LogP contribution in [-0.4, -0.2) is 17.5 Å². The highest BCUT2D eigenvalue weighted by atomic mass is 35.5. The second-order valence-corrected chi connectivity index (χ2v) is 3.39. The van der Waals surface area contributed by atoms with Gasteiger partial charge in [-0.15, -0.1) is 0 Å². The van der Waals surface area contributed by atoms with Gasteiger partial charge < -0.3 is 4.74 Å². The fourth-order valence-electron chi connectivity index (χ4n) is 1.04. The Morgan fingerprint density at radius 2 is 1.88 bits per heavy atom. The van der Waals surface area contributed by atoms with Crippen molar-refractivity contribution in [1.82, 2.24) is 0 Å². The number of hydrogen-bond acceptors (Lipinski definition) is 2. The van der Waals surface area contributed by atoms with Gasteiger partial charge in [-0.05, 0) is 17.2 Å². The molecule has 0 aliphatic rings. The zero-order valence-electron chi connectivity index (χ0n) is 8.00. The molecule has 1 atom stereocenters. The zero-order valence-corrected chi connectivity index (χ0v) is 8.76. The van der Waals surface area contributed by atoms with Crippen LogP contribution in [0.15, 0.2) is 30.3 Å². The molecule has 0 heterocycles. The summed E-state index contributed by atoms with van der Waals surface area (Å²) < 4.78 is 41.2. The molecule has 0 amide bonds. The molecule has 1 unspecified atom stereocenters. The molecule has 0 aromatic heterocycles. The molecule has 0 N–H and O–H groups in total. The van der Waals surface area contributed by atoms with Crippen molar-refractivity contribution in [3.63, 3.8) is 0 Å². The highest BCUT2D eigenvalue weighted by molar-refractivity contribution is 6.64. The first-order chi connectivity index (χ1) is 7.41. The summed E-state index contributed by atoms with van der Waals surface area (Å²) >= 11 is 4.81. The topological polar surface area (TPSA) is 26.3 Å². The smallest absolute Gasteiger partial charge is 0.356 e. The number of ether oxygens (including phenoxy) is 1. The molecular weight excluding hydrogens is 245 g/mol. The van der Waals surface area contributed by atoms with Crippen molar-refractivity contribution in [2.75, 3.05) is 0 Å². The minimum absolute atomic E-state index is 0.316. The van der Waals surface area contributed by atoms with Gasteiger partial charge in [0.25, 0.3) is 5.24 Å². The molecule has 1 rings (SSSR count). The van der Waals surface area contributed by atoms with Crippen molar-refractivity contribution in [3.05, 3.63) is 35.9 Å². The summed E-state index contributed by atoms with van der Waals surface area (Å²) in [5.74, 6) is 0. The molecular formula is C10H8ClF3O2. The minimum atomic E-state index is -4.78. The average molecular weight is 253 g/mol. The summed E-state index contributed by atoms with van der Waals surface area (Å²) in [6, 6.07) is 8.21. The summed E-state index contributed by atoms with van der Waals surface area (Å²) in [4.78, 5) is 10.5. The Hall–Kier alpha value is -1.07. The van der Waals surface area contributed by atoms with Crippen molar-refractivity contribution in [1.29, 1.82) is 0 Å². The van der Waals surface area contributed by atoms with Gasteiger partial charge in [0.05, 0.1) is 6.61 Å². The summed E-state index contributed by atoms with van der Waals surface area (Å²) in [5, 5.41) is -1.57. The van der Waals surface area contributed by atoms with Gasteiger partial charge in [-0.1, -0.05) is 30.3 Å². The third-order valence-corrected chi connectivity index (χ3v) is 1.96. The van der Waals surface area contributed by atoms with Crippen molar-refractivity contribution in [3.8, 4) is 0 Å². The first-order valence-corrected chi connectivity index (χ1v) is 4.70. The SMILES string of the molecule is O=C(Cl)C(OCc1ccccc1)C(F)(F)F. The lowest BCUT2D eigenvalue weighted by Gasteiger charge is -2.16. The Bertz CT molecular complexity index is 351. The fraction of sp³-hybridized carbons (Fsp3) is 0.300. The number of rotatable bonds is 4. The molecule has 0 saturated heterocycles. The van der Waals surface area contributed by atoms with Crippen molar-refractivity contribution >= 4 is 16.8 Å². The summed E-state index contributed by atoms with van der Waals surface area (Å²) in [5.41, 5.74) is 0.537. The van der Waals surface area contributed by atoms with Gasteiger partial charge >= 0.3 is 6.18 Å². The standard InChI is InChI=1S/C10H8ClF3O2/c11-9(15)8(10(12,13)14)16-6-7-4-2-1-3-5-7/h1-5,8H,6H2. The number of hydrogen-bond donors (Lipinski definition) is 0. The van der Waals surface area contributed by atoms with Crippen LogP contribution in [0.1, 0.15) is 5.56 Å². The van der Waals surface area contributed by atoms with Crippen LogP contribution in [-0.2, 0) is 16.1 Å². The maximum Gasteiger partial charge on any atom is 0.423 e. The number of alkyl halides is 3. The highest BCUT2D eigenvalue weighted by Gasteiger charge is 2.45. The monoisotopic (exact) mass is 252 g/mol. The number of carbonyl (C=O) groups excluding carboxylic acids is 1. The van der Waals surface area contributed by atoms with Crippen LogP contribution in [0.5, 0.6) is 0 Å². The minimum Gasteiger partial charge on any atom is -0.356 e. The van der Waals surface area contributed by atoms with Crippen molar-refractivity contribution in [2.45, 2.75) is 18.9 Å². The van der Waals surface area contributed by atoms with Gasteiger partial charge in [-0.3, -0.25) is 4.79 Å². The van der Waals surface area contributed by atoms with E-state index in [0.29, 0.717) is 5.56 Å². The van der Waals surface area contributed by atoms with Crippen LogP contribution in [0, 0.1) is 0 Å². The van der Waals surface area contributed by atoms with E-state index in [4.69, 9.17) is 11.6 Å². The normalized spacial score (nSPS) is 13.5. The van der Waals surface area contributed by atoms with E-state index in [-0.39, 0.29) is 6.61 Å². The first kappa shape index (κ1) is 13.0. The molecule has 0 spiro atoms. The van der Waals surface area contributed by atoms with E-state index in [0.717, 1.165) is 0 Å². The third-order valence-electron chi connectivity index (χ3n) is 1.76. The van der Waals surface area contributed by atoms with Crippen molar-refractivity contribution in [2.24, 2.45) is 0 Å². The lowest BCUT2D eigenvalue weighted by Crippen LogP contribution is -2.36. The quantitative estimate of drug-likeness (QED) is 0.770. The maximum absolute atomic E-state index is 12.2. The van der Waals surface area contributed by atoms with E-state index in [1.54, 1.807) is 30.3 Å². The van der Waals surface area contributed by atoms with Gasteiger partial charge in [-0.25, -0.2) is 0 Å². The molecule has 0 radical (unpaired) electrons. The third kappa shape index (κ3) is 3.83. The van der Waals surface area contributed by atoms with E-state index < -0.39 is 17.5 Å². The summed E-state index contributed by atoms with van der Waals surface area (Å²) in [6.07, 6.45) is -7.36. The largest absolute Gasteiger partial charge is 0.423 e. The number of benzene rings is 1.